The number of nitrogens with zero attached hydrogens (tertiary/aromatic N) is 2. The van der Waals surface area contributed by atoms with Gasteiger partial charge in [-0.1, -0.05) is 35.1 Å². The van der Waals surface area contributed by atoms with Gasteiger partial charge in [-0.3, -0.25) is 14.9 Å². The quantitative estimate of drug-likeness (QED) is 0.817. The molecule has 0 unspecified atom stereocenters. The van der Waals surface area contributed by atoms with E-state index in [1.54, 1.807) is 6.07 Å². The van der Waals surface area contributed by atoms with Crippen molar-refractivity contribution in [1.82, 2.24) is 10.2 Å². The van der Waals surface area contributed by atoms with Crippen LogP contribution in [0.4, 0.5) is 5.13 Å². The molecule has 0 radical (unpaired) electrons. The first-order valence-corrected chi connectivity index (χ1v) is 7.60. The van der Waals surface area contributed by atoms with Crippen molar-refractivity contribution in [3.63, 3.8) is 0 Å². The van der Waals surface area contributed by atoms with Gasteiger partial charge in [-0.25, -0.2) is 0 Å². The second-order valence-electron chi connectivity index (χ2n) is 5.19. The number of aliphatic carboxylic acids is 1. The van der Waals surface area contributed by atoms with E-state index in [9.17, 15) is 9.59 Å². The third-order valence-electron chi connectivity index (χ3n) is 3.03. The maximum Gasteiger partial charge on any atom is 0.318 e. The molecule has 0 aliphatic rings. The number of anilines is 1. The monoisotopic (exact) mass is 339 g/mol. The Labute approximate surface area is 136 Å². The SMILES string of the molecule is CC(C)(C(=O)O)C(=O)Nc1nnc(Cc2cccc(Cl)c2)s1. The molecule has 0 saturated heterocycles. The van der Waals surface area contributed by atoms with Crippen molar-refractivity contribution in [1.29, 1.82) is 0 Å². The summed E-state index contributed by atoms with van der Waals surface area (Å²) < 4.78 is 0. The fourth-order valence-electron chi connectivity index (χ4n) is 1.55. The van der Waals surface area contributed by atoms with Crippen LogP contribution in [0.25, 0.3) is 0 Å². The van der Waals surface area contributed by atoms with Crippen molar-refractivity contribution in [3.8, 4) is 0 Å². The zero-order valence-electron chi connectivity index (χ0n) is 12.0. The molecule has 2 rings (SSSR count). The Balaban J connectivity index is 2.06. The van der Waals surface area contributed by atoms with Gasteiger partial charge in [-0.15, -0.1) is 10.2 Å². The van der Waals surface area contributed by atoms with Crippen LogP contribution >= 0.6 is 22.9 Å². The number of carboxylic acid groups (broad SMARTS) is 1. The summed E-state index contributed by atoms with van der Waals surface area (Å²) in [4.78, 5) is 22.9. The molecule has 8 heteroatoms. The summed E-state index contributed by atoms with van der Waals surface area (Å²) >= 11 is 7.12. The van der Waals surface area contributed by atoms with E-state index in [0.717, 1.165) is 5.56 Å². The molecule has 22 heavy (non-hydrogen) atoms. The van der Waals surface area contributed by atoms with Gasteiger partial charge in [0.25, 0.3) is 0 Å². The minimum atomic E-state index is -1.53. The lowest BCUT2D eigenvalue weighted by molar-refractivity contribution is -0.151. The summed E-state index contributed by atoms with van der Waals surface area (Å²) in [5, 5.41) is 20.9. The highest BCUT2D eigenvalue weighted by Gasteiger charge is 2.36. The number of hydrogen-bond acceptors (Lipinski definition) is 5. The molecule has 0 saturated carbocycles. The number of carboxylic acids is 1. The maximum absolute atomic E-state index is 11.9. The normalized spacial score (nSPS) is 11.2. The third kappa shape index (κ3) is 3.80. The van der Waals surface area contributed by atoms with Crippen LogP contribution in [-0.4, -0.2) is 27.2 Å². The summed E-state index contributed by atoms with van der Waals surface area (Å²) in [6.07, 6.45) is 0.538. The van der Waals surface area contributed by atoms with E-state index in [2.05, 4.69) is 15.5 Å². The van der Waals surface area contributed by atoms with Crippen LogP contribution < -0.4 is 5.32 Å². The smallest absolute Gasteiger partial charge is 0.318 e. The van der Waals surface area contributed by atoms with Crippen LogP contribution in [0.3, 0.4) is 0 Å². The van der Waals surface area contributed by atoms with Crippen molar-refractivity contribution in [2.24, 2.45) is 5.41 Å². The van der Waals surface area contributed by atoms with Gasteiger partial charge in [0.2, 0.25) is 11.0 Å². The molecule has 2 N–H and O–H groups in total. The van der Waals surface area contributed by atoms with Gasteiger partial charge >= 0.3 is 5.97 Å². The Bertz CT molecular complexity index is 715. The molecule has 1 aromatic carbocycles. The minimum absolute atomic E-state index is 0.274. The predicted octanol–water partition coefficient (Wildman–Crippen LogP) is 2.83. The number of hydrogen-bond donors (Lipinski definition) is 2. The molecule has 1 heterocycles. The molecule has 0 aliphatic carbocycles. The van der Waals surface area contributed by atoms with Gasteiger partial charge in [-0.05, 0) is 31.5 Å². The van der Waals surface area contributed by atoms with E-state index in [1.165, 1.54) is 25.2 Å². The number of aromatic nitrogens is 2. The highest BCUT2D eigenvalue weighted by Crippen LogP contribution is 2.23. The first-order chi connectivity index (χ1) is 10.3. The summed E-state index contributed by atoms with van der Waals surface area (Å²) in [6, 6.07) is 7.37. The summed E-state index contributed by atoms with van der Waals surface area (Å²) in [7, 11) is 0. The Morgan fingerprint density at radius 1 is 1.36 bits per heavy atom. The molecule has 0 bridgehead atoms. The number of nitrogens with one attached hydrogen (secondary N) is 1. The van der Waals surface area contributed by atoms with Gasteiger partial charge < -0.3 is 5.11 Å². The largest absolute Gasteiger partial charge is 0.480 e. The zero-order chi connectivity index (χ0) is 16.3. The lowest BCUT2D eigenvalue weighted by Crippen LogP contribution is -2.37. The lowest BCUT2D eigenvalue weighted by atomic mass is 9.93. The van der Waals surface area contributed by atoms with Gasteiger partial charge in [0.1, 0.15) is 10.4 Å². The molecule has 6 nitrogen and oxygen atoms in total. The molecule has 1 aromatic heterocycles. The number of benzene rings is 1. The topological polar surface area (TPSA) is 92.2 Å². The van der Waals surface area contributed by atoms with Crippen LogP contribution in [0.2, 0.25) is 5.02 Å². The first kappa shape index (κ1) is 16.4. The number of carbonyl (C=O) groups excluding carboxylic acids is 1. The van der Waals surface area contributed by atoms with E-state index < -0.39 is 17.3 Å². The van der Waals surface area contributed by atoms with E-state index >= 15 is 0 Å². The summed E-state index contributed by atoms with van der Waals surface area (Å²) in [5.41, 5.74) is -0.550. The Kier molecular flexibility index (Phi) is 4.77. The van der Waals surface area contributed by atoms with E-state index in [-0.39, 0.29) is 5.13 Å². The van der Waals surface area contributed by atoms with E-state index in [1.807, 2.05) is 18.2 Å². The Morgan fingerprint density at radius 2 is 2.09 bits per heavy atom. The number of halogens is 1. The van der Waals surface area contributed by atoms with Crippen LogP contribution in [0.1, 0.15) is 24.4 Å². The summed E-state index contributed by atoms with van der Waals surface area (Å²) in [6.45, 7) is 2.66. The standard InChI is InChI=1S/C14H14ClN3O3S/c1-14(2,12(20)21)11(19)16-13-18-17-10(22-13)7-8-4-3-5-9(15)6-8/h3-6H,7H2,1-2H3,(H,20,21)(H,16,18,19). The van der Waals surface area contributed by atoms with Crippen molar-refractivity contribution in [3.05, 3.63) is 39.9 Å². The lowest BCUT2D eigenvalue weighted by Gasteiger charge is -2.16. The zero-order valence-corrected chi connectivity index (χ0v) is 13.5. The molecule has 0 fully saturated rings. The van der Waals surface area contributed by atoms with Crippen LogP contribution in [0.15, 0.2) is 24.3 Å². The second-order valence-corrected chi connectivity index (χ2v) is 6.69. The molecule has 0 spiro atoms. The molecule has 2 aromatic rings. The van der Waals surface area contributed by atoms with Gasteiger partial charge in [0.05, 0.1) is 0 Å². The maximum atomic E-state index is 11.9. The summed E-state index contributed by atoms with van der Waals surface area (Å²) in [5.74, 6) is -1.83. The minimum Gasteiger partial charge on any atom is -0.480 e. The van der Waals surface area contributed by atoms with Gasteiger partial charge in [0.15, 0.2) is 0 Å². The third-order valence-corrected chi connectivity index (χ3v) is 4.11. The van der Waals surface area contributed by atoms with Gasteiger partial charge in [0, 0.05) is 11.4 Å². The van der Waals surface area contributed by atoms with Crippen molar-refractivity contribution < 1.29 is 14.7 Å². The molecular formula is C14H14ClN3O3S. The van der Waals surface area contributed by atoms with E-state index in [4.69, 9.17) is 16.7 Å². The Morgan fingerprint density at radius 3 is 2.73 bits per heavy atom. The number of carbonyl (C=O) groups is 2. The average molecular weight is 340 g/mol. The number of amides is 1. The molecular weight excluding hydrogens is 326 g/mol. The number of rotatable bonds is 5. The molecule has 0 aliphatic heterocycles. The van der Waals surface area contributed by atoms with Crippen LogP contribution in [0, 0.1) is 5.41 Å². The molecule has 0 atom stereocenters. The average Bonchev–Trinajstić information content (AvgIpc) is 2.85. The molecule has 1 amide bonds. The van der Waals surface area contributed by atoms with Crippen molar-refractivity contribution >= 4 is 39.9 Å². The van der Waals surface area contributed by atoms with Crippen LogP contribution in [-0.2, 0) is 16.0 Å². The Hall–Kier alpha value is -1.99. The molecule has 116 valence electrons. The fourth-order valence-corrected chi connectivity index (χ4v) is 2.53. The van der Waals surface area contributed by atoms with Crippen molar-refractivity contribution in [2.75, 3.05) is 5.32 Å². The highest BCUT2D eigenvalue weighted by atomic mass is 35.5. The second kappa shape index (κ2) is 6.41. The van der Waals surface area contributed by atoms with Gasteiger partial charge in [-0.2, -0.15) is 0 Å². The van der Waals surface area contributed by atoms with E-state index in [0.29, 0.717) is 16.5 Å². The highest BCUT2D eigenvalue weighted by molar-refractivity contribution is 7.15. The predicted molar refractivity (Wildman–Crippen MR) is 84.2 cm³/mol. The van der Waals surface area contributed by atoms with Crippen LogP contribution in [0.5, 0.6) is 0 Å². The fraction of sp³-hybridized carbons (Fsp3) is 0.286. The first-order valence-electron chi connectivity index (χ1n) is 6.40. The van der Waals surface area contributed by atoms with Crippen molar-refractivity contribution in [2.45, 2.75) is 20.3 Å².